The minimum atomic E-state index is -0.328. The number of aromatic amines is 1. The first-order chi connectivity index (χ1) is 11.5. The smallest absolute Gasteiger partial charge is 0.248 e. The van der Waals surface area contributed by atoms with Crippen LogP contribution in [0.1, 0.15) is 5.56 Å². The lowest BCUT2D eigenvalue weighted by Crippen LogP contribution is -2.31. The Balaban J connectivity index is 1.80. The van der Waals surface area contributed by atoms with Crippen molar-refractivity contribution >= 4 is 33.9 Å². The zero-order valence-electron chi connectivity index (χ0n) is 13.0. The number of rotatable bonds is 3. The Hall–Kier alpha value is -2.73. The number of pyridine rings is 1. The van der Waals surface area contributed by atoms with Crippen LogP contribution in [0.25, 0.3) is 10.9 Å². The lowest BCUT2D eigenvalue weighted by Gasteiger charge is -2.22. The Labute approximate surface area is 143 Å². The minimum Gasteiger partial charge on any atom is -0.348 e. The quantitative estimate of drug-likeness (QED) is 0.716. The van der Waals surface area contributed by atoms with Gasteiger partial charge < -0.3 is 15.2 Å². The van der Waals surface area contributed by atoms with Gasteiger partial charge in [0, 0.05) is 36.2 Å². The first-order valence-electron chi connectivity index (χ1n) is 7.41. The van der Waals surface area contributed by atoms with Crippen molar-refractivity contribution in [1.29, 1.82) is 0 Å². The molecule has 4 nitrogen and oxygen atoms in total. The molecule has 1 aromatic heterocycles. The molecule has 0 saturated heterocycles. The number of H-pyrrole nitrogens is 1. The maximum atomic E-state index is 13.2. The lowest BCUT2D eigenvalue weighted by atomic mass is 10.1. The highest BCUT2D eigenvalue weighted by Gasteiger charge is 2.09. The largest absolute Gasteiger partial charge is 0.348 e. The van der Waals surface area contributed by atoms with Gasteiger partial charge in [0.05, 0.1) is 0 Å². The highest BCUT2D eigenvalue weighted by atomic mass is 32.1. The normalized spacial score (nSPS) is 10.6. The number of aromatic nitrogens is 1. The maximum absolute atomic E-state index is 13.2. The average Bonchev–Trinajstić information content (AvgIpc) is 2.54. The van der Waals surface area contributed by atoms with E-state index in [0.717, 1.165) is 16.5 Å². The van der Waals surface area contributed by atoms with Gasteiger partial charge in [-0.2, -0.15) is 0 Å². The summed E-state index contributed by atoms with van der Waals surface area (Å²) in [5.41, 5.74) is 2.10. The Bertz CT molecular complexity index is 954. The molecule has 3 aromatic rings. The van der Waals surface area contributed by atoms with Crippen LogP contribution in [0, 0.1) is 5.82 Å². The van der Waals surface area contributed by atoms with E-state index < -0.39 is 0 Å². The van der Waals surface area contributed by atoms with E-state index in [4.69, 9.17) is 12.2 Å². The minimum absolute atomic E-state index is 0.152. The number of nitrogens with one attached hydrogen (secondary N) is 2. The van der Waals surface area contributed by atoms with Crippen molar-refractivity contribution in [2.75, 3.05) is 12.4 Å². The number of anilines is 1. The fourth-order valence-corrected chi connectivity index (χ4v) is 2.70. The van der Waals surface area contributed by atoms with Crippen LogP contribution in [0.4, 0.5) is 10.1 Å². The number of nitrogens with zero attached hydrogens (tertiary/aromatic N) is 1. The Morgan fingerprint density at radius 1 is 1.21 bits per heavy atom. The number of benzene rings is 2. The number of para-hydroxylation sites is 1. The van der Waals surface area contributed by atoms with Crippen LogP contribution in [0.5, 0.6) is 0 Å². The van der Waals surface area contributed by atoms with Gasteiger partial charge in [-0.05, 0) is 42.0 Å². The van der Waals surface area contributed by atoms with Crippen LogP contribution >= 0.6 is 12.2 Å². The maximum Gasteiger partial charge on any atom is 0.248 e. The van der Waals surface area contributed by atoms with Gasteiger partial charge in [0.2, 0.25) is 5.56 Å². The van der Waals surface area contributed by atoms with E-state index in [1.165, 1.54) is 12.1 Å². The molecule has 3 rings (SSSR count). The van der Waals surface area contributed by atoms with Crippen molar-refractivity contribution in [2.24, 2.45) is 0 Å². The van der Waals surface area contributed by atoms with Gasteiger partial charge in [-0.1, -0.05) is 24.3 Å². The van der Waals surface area contributed by atoms with E-state index in [0.29, 0.717) is 17.3 Å². The van der Waals surface area contributed by atoms with Gasteiger partial charge in [-0.25, -0.2) is 4.39 Å². The van der Waals surface area contributed by atoms with Crippen molar-refractivity contribution in [3.8, 4) is 0 Å². The lowest BCUT2D eigenvalue weighted by molar-refractivity contribution is 0.510. The van der Waals surface area contributed by atoms with Gasteiger partial charge in [0.25, 0.3) is 0 Å². The van der Waals surface area contributed by atoms with E-state index >= 15 is 0 Å². The highest BCUT2D eigenvalue weighted by molar-refractivity contribution is 7.80. The summed E-state index contributed by atoms with van der Waals surface area (Å²) in [5, 5.41) is 4.42. The summed E-state index contributed by atoms with van der Waals surface area (Å²) in [5.74, 6) is -0.328. The summed E-state index contributed by atoms with van der Waals surface area (Å²) in [4.78, 5) is 16.4. The molecular weight excluding hydrogens is 325 g/mol. The molecular formula is C18H16FN3OS. The second-order valence-corrected chi connectivity index (χ2v) is 5.89. The number of thiocarbonyl (C=S) groups is 1. The van der Waals surface area contributed by atoms with Crippen LogP contribution in [0.2, 0.25) is 0 Å². The van der Waals surface area contributed by atoms with Gasteiger partial charge in [-0.3, -0.25) is 4.79 Å². The second-order valence-electron chi connectivity index (χ2n) is 5.50. The monoisotopic (exact) mass is 341 g/mol. The van der Waals surface area contributed by atoms with Gasteiger partial charge in [0.15, 0.2) is 5.11 Å². The second kappa shape index (κ2) is 6.80. The zero-order chi connectivity index (χ0) is 17.1. The van der Waals surface area contributed by atoms with Crippen LogP contribution in [0.3, 0.4) is 0 Å². The molecule has 0 aliphatic rings. The summed E-state index contributed by atoms with van der Waals surface area (Å²) < 4.78 is 13.2. The number of fused-ring (bicyclic) bond motifs is 1. The standard InChI is InChI=1S/C18H16FN3OS/c1-22(18(24)20-14-6-4-5-13(19)10-14)11-12-9-17(23)21-16-8-3-2-7-15(12)16/h2-10H,11H2,1H3,(H,20,24)(H,21,23). The molecule has 0 radical (unpaired) electrons. The Morgan fingerprint density at radius 2 is 2.00 bits per heavy atom. The van der Waals surface area contributed by atoms with Crippen molar-refractivity contribution in [2.45, 2.75) is 6.54 Å². The molecule has 0 bridgehead atoms. The molecule has 0 atom stereocenters. The predicted octanol–water partition coefficient (Wildman–Crippen LogP) is 3.50. The van der Waals surface area contributed by atoms with Gasteiger partial charge in [0.1, 0.15) is 5.82 Å². The topological polar surface area (TPSA) is 48.1 Å². The molecule has 0 fully saturated rings. The van der Waals surface area contributed by atoms with E-state index in [1.54, 1.807) is 23.1 Å². The molecule has 24 heavy (non-hydrogen) atoms. The molecule has 0 saturated carbocycles. The third-order valence-corrected chi connectivity index (χ3v) is 4.08. The molecule has 2 N–H and O–H groups in total. The average molecular weight is 341 g/mol. The summed E-state index contributed by atoms with van der Waals surface area (Å²) in [7, 11) is 1.82. The fraction of sp³-hybridized carbons (Fsp3) is 0.111. The fourth-order valence-electron chi connectivity index (χ4n) is 2.52. The van der Waals surface area contributed by atoms with E-state index in [9.17, 15) is 9.18 Å². The Kier molecular flexibility index (Phi) is 4.57. The molecule has 1 heterocycles. The van der Waals surface area contributed by atoms with E-state index in [-0.39, 0.29) is 11.4 Å². The van der Waals surface area contributed by atoms with E-state index in [2.05, 4.69) is 10.3 Å². The molecule has 0 unspecified atom stereocenters. The molecule has 2 aromatic carbocycles. The van der Waals surface area contributed by atoms with Crippen molar-refractivity contribution in [3.63, 3.8) is 0 Å². The SMILES string of the molecule is CN(Cc1cc(=O)[nH]c2ccccc12)C(=S)Nc1cccc(F)c1. The van der Waals surface area contributed by atoms with Crippen LogP contribution in [-0.4, -0.2) is 22.0 Å². The van der Waals surface area contributed by atoms with Gasteiger partial charge >= 0.3 is 0 Å². The molecule has 6 heteroatoms. The number of hydrogen-bond acceptors (Lipinski definition) is 2. The van der Waals surface area contributed by atoms with Crippen molar-refractivity contribution in [1.82, 2.24) is 9.88 Å². The van der Waals surface area contributed by atoms with Crippen LogP contribution in [-0.2, 0) is 6.54 Å². The van der Waals surface area contributed by atoms with Crippen LogP contribution in [0.15, 0.2) is 59.4 Å². The highest BCUT2D eigenvalue weighted by Crippen LogP contribution is 2.17. The summed E-state index contributed by atoms with van der Waals surface area (Å²) in [6.45, 7) is 0.464. The Morgan fingerprint density at radius 3 is 2.79 bits per heavy atom. The first-order valence-corrected chi connectivity index (χ1v) is 7.82. The van der Waals surface area contributed by atoms with Crippen molar-refractivity contribution < 1.29 is 4.39 Å². The van der Waals surface area contributed by atoms with E-state index in [1.807, 2.05) is 31.3 Å². The third-order valence-electron chi connectivity index (χ3n) is 3.67. The summed E-state index contributed by atoms with van der Waals surface area (Å²) in [6, 6.07) is 15.3. The predicted molar refractivity (Wildman–Crippen MR) is 98.7 cm³/mol. The van der Waals surface area contributed by atoms with Crippen LogP contribution < -0.4 is 10.9 Å². The molecule has 0 amide bonds. The number of hydrogen-bond donors (Lipinski definition) is 2. The molecule has 0 spiro atoms. The molecule has 0 aliphatic heterocycles. The summed E-state index contributed by atoms with van der Waals surface area (Å²) in [6.07, 6.45) is 0. The number of halogens is 1. The first kappa shape index (κ1) is 16.1. The third kappa shape index (κ3) is 3.60. The van der Waals surface area contributed by atoms with Gasteiger partial charge in [-0.15, -0.1) is 0 Å². The molecule has 0 aliphatic carbocycles. The zero-order valence-corrected chi connectivity index (χ0v) is 13.9. The molecule has 122 valence electrons. The van der Waals surface area contributed by atoms with Crippen molar-refractivity contribution in [3.05, 3.63) is 76.3 Å². The summed E-state index contributed by atoms with van der Waals surface area (Å²) >= 11 is 5.36.